The van der Waals surface area contributed by atoms with E-state index in [9.17, 15) is 14.7 Å². The number of carbonyl (C=O) groups excluding carboxylic acids is 1. The predicted octanol–water partition coefficient (Wildman–Crippen LogP) is 2.30. The summed E-state index contributed by atoms with van der Waals surface area (Å²) in [5.41, 5.74) is 0.433. The zero-order valence-electron chi connectivity index (χ0n) is 14.1. The van der Waals surface area contributed by atoms with Crippen LogP contribution in [0.25, 0.3) is 0 Å². The minimum Gasteiger partial charge on any atom is -0.481 e. The Balaban J connectivity index is 1.90. The van der Waals surface area contributed by atoms with Gasteiger partial charge in [-0.05, 0) is 30.7 Å². The third-order valence-electron chi connectivity index (χ3n) is 5.38. The summed E-state index contributed by atoms with van der Waals surface area (Å²) in [6.45, 7) is 4.10. The lowest BCUT2D eigenvalue weighted by molar-refractivity contribution is -0.150. The molecule has 2 aliphatic rings. The number of likely N-dealkylation sites (tertiary alicyclic amines) is 1. The van der Waals surface area contributed by atoms with E-state index in [-0.39, 0.29) is 11.8 Å². The Morgan fingerprint density at radius 3 is 2.46 bits per heavy atom. The van der Waals surface area contributed by atoms with Crippen molar-refractivity contribution in [1.82, 2.24) is 4.90 Å². The highest BCUT2D eigenvalue weighted by molar-refractivity contribution is 5.89. The van der Waals surface area contributed by atoms with Crippen molar-refractivity contribution in [3.8, 4) is 0 Å². The van der Waals surface area contributed by atoms with Gasteiger partial charge in [-0.1, -0.05) is 37.3 Å². The third-order valence-corrected chi connectivity index (χ3v) is 5.38. The molecule has 0 bridgehead atoms. The van der Waals surface area contributed by atoms with Crippen molar-refractivity contribution < 1.29 is 19.4 Å². The van der Waals surface area contributed by atoms with Gasteiger partial charge >= 0.3 is 5.97 Å². The fraction of sp³-hybridized carbons (Fsp3) is 0.579. The molecule has 24 heavy (non-hydrogen) atoms. The van der Waals surface area contributed by atoms with E-state index in [0.717, 1.165) is 5.56 Å². The monoisotopic (exact) mass is 331 g/mol. The van der Waals surface area contributed by atoms with E-state index in [4.69, 9.17) is 4.74 Å². The maximum Gasteiger partial charge on any atom is 0.308 e. The maximum absolute atomic E-state index is 13.5. The smallest absolute Gasteiger partial charge is 0.308 e. The Labute approximate surface area is 142 Å². The van der Waals surface area contributed by atoms with E-state index in [2.05, 4.69) is 0 Å². The first kappa shape index (κ1) is 17.0. The zero-order chi connectivity index (χ0) is 17.2. The van der Waals surface area contributed by atoms with Crippen LogP contribution in [0.3, 0.4) is 0 Å². The SMILES string of the molecule is CC1CC(C(=O)O)CN(C(=O)C2(c3ccccc3)CCOCC2)C1. The molecular weight excluding hydrogens is 306 g/mol. The Morgan fingerprint density at radius 1 is 1.17 bits per heavy atom. The van der Waals surface area contributed by atoms with E-state index in [1.54, 1.807) is 4.90 Å². The number of piperidine rings is 1. The van der Waals surface area contributed by atoms with Crippen molar-refractivity contribution in [2.75, 3.05) is 26.3 Å². The van der Waals surface area contributed by atoms with Gasteiger partial charge in [0, 0.05) is 26.3 Å². The highest BCUT2D eigenvalue weighted by Crippen LogP contribution is 2.38. The number of ether oxygens (including phenoxy) is 1. The Bertz CT molecular complexity index is 595. The van der Waals surface area contributed by atoms with Crippen LogP contribution < -0.4 is 0 Å². The lowest BCUT2D eigenvalue weighted by Gasteiger charge is -2.43. The molecule has 2 unspecified atom stereocenters. The summed E-state index contributed by atoms with van der Waals surface area (Å²) in [6.07, 6.45) is 1.94. The first-order valence-corrected chi connectivity index (χ1v) is 8.68. The molecule has 1 aromatic carbocycles. The fourth-order valence-corrected chi connectivity index (χ4v) is 4.10. The number of nitrogens with zero attached hydrogens (tertiary/aromatic N) is 1. The number of carboxylic acids is 1. The molecule has 5 nitrogen and oxygen atoms in total. The van der Waals surface area contributed by atoms with Crippen LogP contribution in [0.4, 0.5) is 0 Å². The van der Waals surface area contributed by atoms with Gasteiger partial charge in [-0.3, -0.25) is 9.59 Å². The van der Waals surface area contributed by atoms with E-state index < -0.39 is 17.3 Å². The van der Waals surface area contributed by atoms with Crippen molar-refractivity contribution >= 4 is 11.9 Å². The number of carboxylic acid groups (broad SMARTS) is 1. The van der Waals surface area contributed by atoms with Crippen molar-refractivity contribution in [1.29, 1.82) is 0 Å². The van der Waals surface area contributed by atoms with Crippen LogP contribution >= 0.6 is 0 Å². The quantitative estimate of drug-likeness (QED) is 0.923. The largest absolute Gasteiger partial charge is 0.481 e. The van der Waals surface area contributed by atoms with Crippen LogP contribution in [0.15, 0.2) is 30.3 Å². The number of amides is 1. The highest BCUT2D eigenvalue weighted by atomic mass is 16.5. The van der Waals surface area contributed by atoms with E-state index in [1.807, 2.05) is 37.3 Å². The topological polar surface area (TPSA) is 66.8 Å². The molecule has 2 fully saturated rings. The van der Waals surface area contributed by atoms with Crippen LogP contribution in [0.2, 0.25) is 0 Å². The summed E-state index contributed by atoms with van der Waals surface area (Å²) in [5, 5.41) is 9.39. The molecule has 2 heterocycles. The summed E-state index contributed by atoms with van der Waals surface area (Å²) in [5.74, 6) is -1.00. The average Bonchev–Trinajstić information content (AvgIpc) is 2.62. The van der Waals surface area contributed by atoms with Crippen LogP contribution in [-0.4, -0.2) is 48.2 Å². The van der Waals surface area contributed by atoms with Gasteiger partial charge in [0.25, 0.3) is 0 Å². The first-order chi connectivity index (χ1) is 11.5. The van der Waals surface area contributed by atoms with Crippen LogP contribution in [0.5, 0.6) is 0 Å². The van der Waals surface area contributed by atoms with Gasteiger partial charge in [0.15, 0.2) is 0 Å². The summed E-state index contributed by atoms with van der Waals surface area (Å²) < 4.78 is 5.50. The van der Waals surface area contributed by atoms with Gasteiger partial charge < -0.3 is 14.7 Å². The number of hydrogen-bond acceptors (Lipinski definition) is 3. The van der Waals surface area contributed by atoms with Crippen molar-refractivity contribution in [2.24, 2.45) is 11.8 Å². The third kappa shape index (κ3) is 3.18. The summed E-state index contributed by atoms with van der Waals surface area (Å²) in [4.78, 5) is 26.7. The van der Waals surface area contributed by atoms with Crippen LogP contribution in [0.1, 0.15) is 31.7 Å². The van der Waals surface area contributed by atoms with Gasteiger partial charge in [-0.2, -0.15) is 0 Å². The lowest BCUT2D eigenvalue weighted by atomic mass is 9.72. The summed E-state index contributed by atoms with van der Waals surface area (Å²) in [7, 11) is 0. The number of hydrogen-bond donors (Lipinski definition) is 1. The molecule has 3 rings (SSSR count). The minimum atomic E-state index is -0.805. The molecular formula is C19H25NO4. The van der Waals surface area contributed by atoms with Crippen molar-refractivity contribution in [3.63, 3.8) is 0 Å². The van der Waals surface area contributed by atoms with E-state index in [0.29, 0.717) is 45.6 Å². The molecule has 2 aliphatic heterocycles. The van der Waals surface area contributed by atoms with Crippen LogP contribution in [0, 0.1) is 11.8 Å². The fourth-order valence-electron chi connectivity index (χ4n) is 4.10. The van der Waals surface area contributed by atoms with Crippen molar-refractivity contribution in [2.45, 2.75) is 31.6 Å². The predicted molar refractivity (Wildman–Crippen MR) is 89.7 cm³/mol. The van der Waals surface area contributed by atoms with Gasteiger partial charge in [0.05, 0.1) is 11.3 Å². The number of carbonyl (C=O) groups is 2. The van der Waals surface area contributed by atoms with Gasteiger partial charge in [0.1, 0.15) is 0 Å². The molecule has 0 spiro atoms. The second-order valence-corrected chi connectivity index (χ2v) is 7.15. The van der Waals surface area contributed by atoms with Gasteiger partial charge in [-0.25, -0.2) is 0 Å². The van der Waals surface area contributed by atoms with Crippen LogP contribution in [-0.2, 0) is 19.7 Å². The molecule has 0 aliphatic carbocycles. The Kier molecular flexibility index (Phi) is 4.90. The molecule has 2 saturated heterocycles. The number of benzene rings is 1. The standard InChI is InChI=1S/C19H25NO4/c1-14-11-15(17(21)22)13-20(12-14)18(23)19(7-9-24-10-8-19)16-5-3-2-4-6-16/h2-6,14-15H,7-13H2,1H3,(H,21,22). The minimum absolute atomic E-state index is 0.0646. The van der Waals surface area contributed by atoms with Gasteiger partial charge in [-0.15, -0.1) is 0 Å². The first-order valence-electron chi connectivity index (χ1n) is 8.68. The molecule has 0 saturated carbocycles. The number of aliphatic carboxylic acids is 1. The highest BCUT2D eigenvalue weighted by Gasteiger charge is 2.46. The summed E-state index contributed by atoms with van der Waals surface area (Å²) >= 11 is 0. The normalized spacial score (nSPS) is 26.8. The Hall–Kier alpha value is -1.88. The van der Waals surface area contributed by atoms with E-state index >= 15 is 0 Å². The van der Waals surface area contributed by atoms with E-state index in [1.165, 1.54) is 0 Å². The Morgan fingerprint density at radius 2 is 1.83 bits per heavy atom. The average molecular weight is 331 g/mol. The molecule has 1 N–H and O–H groups in total. The lowest BCUT2D eigenvalue weighted by Crippen LogP contribution is -2.54. The molecule has 0 radical (unpaired) electrons. The molecule has 130 valence electrons. The number of rotatable bonds is 3. The molecule has 2 atom stereocenters. The second kappa shape index (κ2) is 6.93. The zero-order valence-corrected chi connectivity index (χ0v) is 14.1. The maximum atomic E-state index is 13.5. The molecule has 1 aromatic rings. The van der Waals surface area contributed by atoms with Crippen molar-refractivity contribution in [3.05, 3.63) is 35.9 Å². The second-order valence-electron chi connectivity index (χ2n) is 7.15. The molecule has 0 aromatic heterocycles. The molecule has 1 amide bonds. The summed E-state index contributed by atoms with van der Waals surface area (Å²) in [6, 6.07) is 9.87. The van der Waals surface area contributed by atoms with Gasteiger partial charge in [0.2, 0.25) is 5.91 Å². The molecule has 5 heteroatoms.